The third-order valence-electron chi connectivity index (χ3n) is 2.74. The number of piperidine rings is 1. The van der Waals surface area contributed by atoms with Gasteiger partial charge in [0, 0.05) is 17.0 Å². The second kappa shape index (κ2) is 5.15. The lowest BCUT2D eigenvalue weighted by atomic mass is 9.99. The van der Waals surface area contributed by atoms with E-state index in [1.807, 2.05) is 6.07 Å². The van der Waals surface area contributed by atoms with Crippen LogP contribution >= 0.6 is 22.9 Å². The highest BCUT2D eigenvalue weighted by Gasteiger charge is 2.14. The van der Waals surface area contributed by atoms with E-state index in [0.29, 0.717) is 12.1 Å². The molecule has 0 saturated carbocycles. The van der Waals surface area contributed by atoms with Gasteiger partial charge < -0.3 is 5.32 Å². The Morgan fingerprint density at radius 1 is 1.47 bits per heavy atom. The molecule has 0 radical (unpaired) electrons. The van der Waals surface area contributed by atoms with Crippen molar-refractivity contribution >= 4 is 29.0 Å². The van der Waals surface area contributed by atoms with Crippen LogP contribution in [0, 0.1) is 0 Å². The van der Waals surface area contributed by atoms with Gasteiger partial charge in [0.15, 0.2) is 0 Å². The van der Waals surface area contributed by atoms with Crippen molar-refractivity contribution in [2.45, 2.75) is 38.3 Å². The average molecular weight is 242 g/mol. The van der Waals surface area contributed by atoms with E-state index in [-0.39, 0.29) is 0 Å². The van der Waals surface area contributed by atoms with E-state index in [0.717, 1.165) is 4.34 Å². The first-order chi connectivity index (χ1) is 7.24. The van der Waals surface area contributed by atoms with E-state index < -0.39 is 0 Å². The van der Waals surface area contributed by atoms with Crippen LogP contribution in [0.15, 0.2) is 18.2 Å². The summed E-state index contributed by atoms with van der Waals surface area (Å²) < 4.78 is 0.861. The van der Waals surface area contributed by atoms with Gasteiger partial charge in [0.25, 0.3) is 0 Å². The molecule has 2 rings (SSSR count). The molecule has 2 heterocycles. The van der Waals surface area contributed by atoms with E-state index in [1.54, 1.807) is 11.3 Å². The van der Waals surface area contributed by atoms with Crippen molar-refractivity contribution in [3.8, 4) is 0 Å². The molecule has 0 bridgehead atoms. The van der Waals surface area contributed by atoms with Crippen molar-refractivity contribution in [1.29, 1.82) is 0 Å². The summed E-state index contributed by atoms with van der Waals surface area (Å²) in [6.07, 6.45) is 8.31. The Bertz CT molecular complexity index is 345. The van der Waals surface area contributed by atoms with Crippen molar-refractivity contribution in [3.05, 3.63) is 27.4 Å². The predicted molar refractivity (Wildman–Crippen MR) is 68.6 cm³/mol. The molecule has 1 aromatic rings. The molecule has 1 aliphatic heterocycles. The first kappa shape index (κ1) is 11.2. The molecule has 2 unspecified atom stereocenters. The standard InChI is InChI=1S/C12H16ClNS/c1-9-3-2-4-10(14-9)5-6-11-7-8-12(13)15-11/h5-10,14H,2-4H2,1H3/b6-5+. The van der Waals surface area contributed by atoms with Crippen LogP contribution in [0.25, 0.3) is 6.08 Å². The van der Waals surface area contributed by atoms with Gasteiger partial charge in [-0.05, 0) is 38.0 Å². The highest BCUT2D eigenvalue weighted by Crippen LogP contribution is 2.23. The van der Waals surface area contributed by atoms with Crippen LogP contribution in [0.3, 0.4) is 0 Å². The van der Waals surface area contributed by atoms with E-state index in [2.05, 4.69) is 30.5 Å². The van der Waals surface area contributed by atoms with Gasteiger partial charge in [0.1, 0.15) is 0 Å². The minimum absolute atomic E-state index is 0.537. The molecule has 1 fully saturated rings. The van der Waals surface area contributed by atoms with Gasteiger partial charge in [-0.2, -0.15) is 0 Å². The van der Waals surface area contributed by atoms with Crippen LogP contribution in [-0.2, 0) is 0 Å². The Labute approximate surface area is 100 Å². The summed E-state index contributed by atoms with van der Waals surface area (Å²) in [5.41, 5.74) is 0. The van der Waals surface area contributed by atoms with Gasteiger partial charge in [-0.25, -0.2) is 0 Å². The fraction of sp³-hybridized carbons (Fsp3) is 0.500. The minimum Gasteiger partial charge on any atom is -0.308 e. The molecular formula is C12H16ClNS. The zero-order valence-electron chi connectivity index (χ0n) is 8.87. The number of hydrogen-bond donors (Lipinski definition) is 1. The predicted octanol–water partition coefficient (Wildman–Crippen LogP) is 3.95. The Hall–Kier alpha value is -0.310. The number of rotatable bonds is 2. The largest absolute Gasteiger partial charge is 0.308 e. The molecule has 1 aromatic heterocycles. The summed E-state index contributed by atoms with van der Waals surface area (Å²) in [5, 5.41) is 3.58. The smallest absolute Gasteiger partial charge is 0.0934 e. The van der Waals surface area contributed by atoms with Gasteiger partial charge in [-0.1, -0.05) is 24.1 Å². The first-order valence-corrected chi connectivity index (χ1v) is 6.63. The molecule has 1 N–H and O–H groups in total. The second-order valence-corrected chi connectivity index (χ2v) is 5.85. The maximum absolute atomic E-state index is 5.87. The number of hydrogen-bond acceptors (Lipinski definition) is 2. The normalized spacial score (nSPS) is 27.3. The van der Waals surface area contributed by atoms with Crippen molar-refractivity contribution < 1.29 is 0 Å². The molecule has 0 aliphatic carbocycles. The third kappa shape index (κ3) is 3.33. The SMILES string of the molecule is CC1CCCC(/C=C/c2ccc(Cl)s2)N1. The summed E-state index contributed by atoms with van der Waals surface area (Å²) in [5.74, 6) is 0. The summed E-state index contributed by atoms with van der Waals surface area (Å²) >= 11 is 7.50. The zero-order valence-corrected chi connectivity index (χ0v) is 10.4. The van der Waals surface area contributed by atoms with E-state index >= 15 is 0 Å². The highest BCUT2D eigenvalue weighted by atomic mass is 35.5. The first-order valence-electron chi connectivity index (χ1n) is 5.43. The van der Waals surface area contributed by atoms with Gasteiger partial charge in [0.05, 0.1) is 4.34 Å². The maximum Gasteiger partial charge on any atom is 0.0934 e. The molecule has 15 heavy (non-hydrogen) atoms. The minimum atomic E-state index is 0.537. The van der Waals surface area contributed by atoms with Gasteiger partial charge in [0.2, 0.25) is 0 Å². The highest BCUT2D eigenvalue weighted by molar-refractivity contribution is 7.16. The topological polar surface area (TPSA) is 12.0 Å². The molecule has 82 valence electrons. The Morgan fingerprint density at radius 2 is 2.33 bits per heavy atom. The lowest BCUT2D eigenvalue weighted by Gasteiger charge is -2.26. The Kier molecular flexibility index (Phi) is 3.84. The maximum atomic E-state index is 5.87. The number of nitrogens with one attached hydrogen (secondary N) is 1. The van der Waals surface area contributed by atoms with Crippen LogP contribution in [0.5, 0.6) is 0 Å². The Balaban J connectivity index is 1.93. The zero-order chi connectivity index (χ0) is 10.7. The van der Waals surface area contributed by atoms with Crippen molar-refractivity contribution in [2.24, 2.45) is 0 Å². The molecule has 1 nitrogen and oxygen atoms in total. The quantitative estimate of drug-likeness (QED) is 0.827. The van der Waals surface area contributed by atoms with Crippen LogP contribution in [0.2, 0.25) is 4.34 Å². The molecule has 0 amide bonds. The van der Waals surface area contributed by atoms with Crippen LogP contribution < -0.4 is 5.32 Å². The van der Waals surface area contributed by atoms with Crippen LogP contribution in [0.4, 0.5) is 0 Å². The van der Waals surface area contributed by atoms with E-state index in [1.165, 1.54) is 24.1 Å². The molecule has 1 saturated heterocycles. The summed E-state index contributed by atoms with van der Waals surface area (Å²) in [6, 6.07) is 5.20. The average Bonchev–Trinajstić information content (AvgIpc) is 2.62. The van der Waals surface area contributed by atoms with Crippen LogP contribution in [-0.4, -0.2) is 12.1 Å². The summed E-state index contributed by atoms with van der Waals surface area (Å²) in [4.78, 5) is 1.24. The summed E-state index contributed by atoms with van der Waals surface area (Å²) in [6.45, 7) is 2.25. The number of halogens is 1. The molecule has 2 atom stereocenters. The monoisotopic (exact) mass is 241 g/mol. The van der Waals surface area contributed by atoms with E-state index in [4.69, 9.17) is 11.6 Å². The molecule has 0 aromatic carbocycles. The summed E-state index contributed by atoms with van der Waals surface area (Å²) in [7, 11) is 0. The lowest BCUT2D eigenvalue weighted by Crippen LogP contribution is -2.39. The van der Waals surface area contributed by atoms with Crippen molar-refractivity contribution in [1.82, 2.24) is 5.32 Å². The number of thiophene rings is 1. The fourth-order valence-electron chi connectivity index (χ4n) is 1.96. The van der Waals surface area contributed by atoms with Crippen LogP contribution in [0.1, 0.15) is 31.1 Å². The lowest BCUT2D eigenvalue weighted by molar-refractivity contribution is 0.375. The van der Waals surface area contributed by atoms with E-state index in [9.17, 15) is 0 Å². The fourth-order valence-corrected chi connectivity index (χ4v) is 2.93. The third-order valence-corrected chi connectivity index (χ3v) is 3.93. The van der Waals surface area contributed by atoms with Crippen molar-refractivity contribution in [2.75, 3.05) is 0 Å². The van der Waals surface area contributed by atoms with Gasteiger partial charge in [-0.15, -0.1) is 11.3 Å². The van der Waals surface area contributed by atoms with Crippen molar-refractivity contribution in [3.63, 3.8) is 0 Å². The van der Waals surface area contributed by atoms with Gasteiger partial charge in [-0.3, -0.25) is 0 Å². The Morgan fingerprint density at radius 3 is 3.00 bits per heavy atom. The molecule has 1 aliphatic rings. The second-order valence-electron chi connectivity index (χ2n) is 4.11. The molecule has 0 spiro atoms. The molecular weight excluding hydrogens is 226 g/mol. The molecule has 3 heteroatoms. The van der Waals surface area contributed by atoms with Gasteiger partial charge >= 0.3 is 0 Å².